The summed E-state index contributed by atoms with van der Waals surface area (Å²) in [6.45, 7) is 3.24. The molecule has 2 rings (SSSR count). The first-order chi connectivity index (χ1) is 15.0. The maximum Gasteiger partial charge on any atom is 1.00 e. The predicted octanol–water partition coefficient (Wildman–Crippen LogP) is -4.36. The molecule has 0 unspecified atom stereocenters. The van der Waals surface area contributed by atoms with Crippen LogP contribution in [0.25, 0.3) is 12.2 Å². The van der Waals surface area contributed by atoms with Crippen LogP contribution in [0.4, 0.5) is 11.4 Å². The van der Waals surface area contributed by atoms with Gasteiger partial charge in [0.05, 0.1) is 16.0 Å². The van der Waals surface area contributed by atoms with Gasteiger partial charge in [-0.2, -0.15) is 0 Å². The van der Waals surface area contributed by atoms with Gasteiger partial charge in [0.2, 0.25) is 15.9 Å². The van der Waals surface area contributed by atoms with Gasteiger partial charge in [0.25, 0.3) is 0 Å². The Morgan fingerprint density at radius 2 is 1.20 bits per heavy atom. The van der Waals surface area contributed by atoms with Crippen LogP contribution < -0.4 is 69.2 Å². The van der Waals surface area contributed by atoms with E-state index in [1.54, 1.807) is 13.8 Å². The van der Waals surface area contributed by atoms with Crippen molar-refractivity contribution >= 4 is 59.7 Å². The quantitative estimate of drug-likeness (QED) is 0.182. The van der Waals surface area contributed by atoms with Crippen molar-refractivity contribution in [1.82, 2.24) is 0 Å². The second-order valence-electron chi connectivity index (χ2n) is 7.26. The van der Waals surface area contributed by atoms with Crippen molar-refractivity contribution in [3.63, 3.8) is 0 Å². The summed E-state index contributed by atoms with van der Waals surface area (Å²) in [5.74, 6) is -0.801. The Morgan fingerprint density at radius 3 is 1.57 bits per heavy atom. The van der Waals surface area contributed by atoms with Crippen molar-refractivity contribution in [2.45, 2.75) is 23.6 Å². The molecule has 0 aliphatic heterocycles. The van der Waals surface area contributed by atoms with Crippen molar-refractivity contribution in [3.8, 4) is 0 Å². The molecule has 0 heterocycles. The maximum absolute atomic E-state index is 11.8. The summed E-state index contributed by atoms with van der Waals surface area (Å²) in [7, 11) is -13.8. The number of hydrogen-bond donors (Lipinski definition) is 2. The molecule has 0 fully saturated rings. The van der Waals surface area contributed by atoms with E-state index in [0.29, 0.717) is 0 Å². The van der Waals surface area contributed by atoms with Gasteiger partial charge in [-0.25, -0.2) is 25.3 Å². The Labute approximate surface area is 248 Å². The minimum atomic E-state index is -5.05. The molecule has 1 amide bonds. The molecule has 180 valence electrons. The maximum atomic E-state index is 11.8. The van der Waals surface area contributed by atoms with Gasteiger partial charge in [-0.3, -0.25) is 9.52 Å². The molecule has 2 N–H and O–H groups in total. The van der Waals surface area contributed by atoms with Crippen molar-refractivity contribution < 1.29 is 98.3 Å². The molecule has 0 radical (unpaired) electrons. The zero-order chi connectivity index (χ0) is 25.2. The number of carbonyl (C=O) groups is 1. The average Bonchev–Trinajstić information content (AvgIpc) is 2.64. The van der Waals surface area contributed by atoms with Crippen LogP contribution >= 0.6 is 0 Å². The Balaban J connectivity index is 0.00000578. The number of amides is 1. The third-order valence-electron chi connectivity index (χ3n) is 4.10. The second-order valence-corrected chi connectivity index (χ2v) is 11.7. The van der Waals surface area contributed by atoms with Crippen LogP contribution in [0.5, 0.6) is 0 Å². The summed E-state index contributed by atoms with van der Waals surface area (Å²) < 4.78 is 94.9. The normalized spacial score (nSPS) is 12.1. The number of rotatable bonds is 8. The Kier molecular flexibility index (Phi) is 12.9. The summed E-state index contributed by atoms with van der Waals surface area (Å²) in [5.41, 5.74) is -0.396. The first kappa shape index (κ1) is 34.2. The molecule has 0 saturated carbocycles. The summed E-state index contributed by atoms with van der Waals surface area (Å²) in [5, 5.41) is 2.47. The Hall–Kier alpha value is -0.780. The number of benzene rings is 2. The van der Waals surface area contributed by atoms with Crippen LogP contribution in [0, 0.1) is 5.92 Å². The van der Waals surface area contributed by atoms with E-state index in [9.17, 15) is 39.2 Å². The molecule has 0 saturated heterocycles. The van der Waals surface area contributed by atoms with E-state index in [2.05, 4.69) is 5.32 Å². The second kappa shape index (κ2) is 13.1. The number of nitrogens with one attached hydrogen (secondary N) is 2. The fraction of sp³-hybridized carbons (Fsp3) is 0.211. The number of carbonyl (C=O) groups excluding carboxylic acids is 1. The standard InChI is InChI=1S/C19H22N2O9S3.2Na/c1-12(2)19(22)20-15-8-6-13(17(10-15)32(25,26)27)4-5-14-7-9-16(21-31(3,23)24)11-18(14)33(28,29)30;;/h4-12,21H,1-3H3,(H,20,22)(H,25,26,27)(H,28,29,30);;/q;2*+1/p-2. The molecule has 2 aromatic carbocycles. The van der Waals surface area contributed by atoms with Gasteiger partial charge >= 0.3 is 59.1 Å². The largest absolute Gasteiger partial charge is 1.00 e. The molecule has 0 atom stereocenters. The topological polar surface area (TPSA) is 190 Å². The fourth-order valence-electron chi connectivity index (χ4n) is 2.60. The number of hydrogen-bond acceptors (Lipinski definition) is 9. The van der Waals surface area contributed by atoms with Crippen LogP contribution in [0.15, 0.2) is 46.2 Å². The molecular weight excluding hydrogens is 542 g/mol. The summed E-state index contributed by atoms with van der Waals surface area (Å²) >= 11 is 0. The van der Waals surface area contributed by atoms with Crippen molar-refractivity contribution in [2.24, 2.45) is 5.92 Å². The zero-order valence-corrected chi connectivity index (χ0v) is 26.0. The van der Waals surface area contributed by atoms with E-state index < -0.39 is 51.9 Å². The van der Waals surface area contributed by atoms with Gasteiger partial charge < -0.3 is 14.4 Å². The van der Waals surface area contributed by atoms with Gasteiger partial charge in [-0.1, -0.05) is 38.1 Å². The molecule has 2 aromatic rings. The minimum Gasteiger partial charge on any atom is -0.744 e. The van der Waals surface area contributed by atoms with Crippen LogP contribution in [0.2, 0.25) is 0 Å². The van der Waals surface area contributed by atoms with E-state index in [-0.39, 0.29) is 81.6 Å². The smallest absolute Gasteiger partial charge is 0.744 e. The van der Waals surface area contributed by atoms with E-state index in [4.69, 9.17) is 0 Å². The molecule has 0 bridgehead atoms. The summed E-state index contributed by atoms with van der Waals surface area (Å²) in [6.07, 6.45) is 3.03. The number of sulfonamides is 1. The molecule has 0 aliphatic rings. The van der Waals surface area contributed by atoms with Crippen LogP contribution in [-0.4, -0.2) is 46.5 Å². The van der Waals surface area contributed by atoms with Crippen molar-refractivity contribution in [1.29, 1.82) is 0 Å². The van der Waals surface area contributed by atoms with E-state index in [0.717, 1.165) is 36.6 Å². The van der Waals surface area contributed by atoms with Crippen molar-refractivity contribution in [3.05, 3.63) is 47.5 Å². The third kappa shape index (κ3) is 10.6. The SMILES string of the molecule is CC(C)C(=O)Nc1ccc(C=Cc2ccc(NS(C)(=O)=O)cc2S(=O)(=O)[O-])c(S(=O)(=O)[O-])c1.[Na+].[Na+]. The van der Waals surface area contributed by atoms with Gasteiger partial charge in [-0.05, 0) is 35.4 Å². The van der Waals surface area contributed by atoms with E-state index >= 15 is 0 Å². The summed E-state index contributed by atoms with van der Waals surface area (Å²) in [4.78, 5) is 10.4. The molecule has 0 spiro atoms. The summed E-state index contributed by atoms with van der Waals surface area (Å²) in [6, 6.07) is 6.69. The van der Waals surface area contributed by atoms with Crippen LogP contribution in [-0.2, 0) is 35.1 Å². The molecule has 0 aliphatic carbocycles. The molecular formula is C19H20N2Na2O9S3. The van der Waals surface area contributed by atoms with Gasteiger partial charge in [0, 0.05) is 17.3 Å². The van der Waals surface area contributed by atoms with Crippen molar-refractivity contribution in [2.75, 3.05) is 16.3 Å². The Bertz CT molecular complexity index is 1440. The average molecular weight is 563 g/mol. The third-order valence-corrected chi connectivity index (χ3v) is 6.49. The fourth-order valence-corrected chi connectivity index (χ4v) is 4.55. The molecule has 35 heavy (non-hydrogen) atoms. The molecule has 11 nitrogen and oxygen atoms in total. The van der Waals surface area contributed by atoms with E-state index in [1.807, 2.05) is 4.72 Å². The first-order valence-corrected chi connectivity index (χ1v) is 13.8. The Morgan fingerprint density at radius 1 is 0.800 bits per heavy atom. The number of anilines is 2. The molecule has 16 heteroatoms. The first-order valence-electron chi connectivity index (χ1n) is 9.14. The van der Waals surface area contributed by atoms with Gasteiger partial charge in [-0.15, -0.1) is 0 Å². The van der Waals surface area contributed by atoms with Gasteiger partial charge in [0.15, 0.2) is 0 Å². The monoisotopic (exact) mass is 562 g/mol. The van der Waals surface area contributed by atoms with Crippen LogP contribution in [0.1, 0.15) is 25.0 Å². The molecule has 0 aromatic heterocycles. The van der Waals surface area contributed by atoms with Gasteiger partial charge in [0.1, 0.15) is 20.2 Å². The van der Waals surface area contributed by atoms with Crippen LogP contribution in [0.3, 0.4) is 0 Å². The minimum absolute atomic E-state index is 0. The predicted molar refractivity (Wildman–Crippen MR) is 120 cm³/mol. The zero-order valence-electron chi connectivity index (χ0n) is 19.6. The van der Waals surface area contributed by atoms with E-state index in [1.165, 1.54) is 18.2 Å².